The van der Waals surface area contributed by atoms with Gasteiger partial charge in [-0.3, -0.25) is 14.8 Å². The van der Waals surface area contributed by atoms with Crippen molar-refractivity contribution in [1.82, 2.24) is 20.9 Å². The predicted molar refractivity (Wildman–Crippen MR) is 130 cm³/mol. The predicted octanol–water partition coefficient (Wildman–Crippen LogP) is 2.18. The Bertz CT molecular complexity index is 954. The van der Waals surface area contributed by atoms with E-state index in [1.165, 1.54) is 19.3 Å². The van der Waals surface area contributed by atoms with E-state index in [-0.39, 0.29) is 11.9 Å². The number of hydrogen-bond acceptors (Lipinski definition) is 6. The summed E-state index contributed by atoms with van der Waals surface area (Å²) in [6.07, 6.45) is 5.76. The molecule has 1 amide bonds. The number of carbonyl (C=O) groups excluding carboxylic acids is 1. The minimum atomic E-state index is -0.408. The van der Waals surface area contributed by atoms with Crippen molar-refractivity contribution >= 4 is 29.3 Å². The summed E-state index contributed by atoms with van der Waals surface area (Å²) in [5.74, 6) is 1.78. The van der Waals surface area contributed by atoms with Crippen molar-refractivity contribution in [3.8, 4) is 5.75 Å². The molecule has 5 rings (SSSR count). The number of piperidine rings is 1. The first-order chi connectivity index (χ1) is 16.0. The SMILES string of the molecule is COc1ccc(CN=C2NC(N3CCC4(CC4)C3)=NCC2C(=O)NC2CCNCC2)cc1Cl. The van der Waals surface area contributed by atoms with Gasteiger partial charge in [-0.25, -0.2) is 0 Å². The fourth-order valence-electron chi connectivity index (χ4n) is 4.99. The average molecular weight is 473 g/mol. The molecule has 0 bridgehead atoms. The molecule has 2 saturated heterocycles. The zero-order valence-electron chi connectivity index (χ0n) is 19.2. The van der Waals surface area contributed by atoms with Gasteiger partial charge >= 0.3 is 0 Å². The molecule has 33 heavy (non-hydrogen) atoms. The second-order valence-electron chi connectivity index (χ2n) is 9.72. The Morgan fingerprint density at radius 3 is 2.85 bits per heavy atom. The van der Waals surface area contributed by atoms with Crippen LogP contribution in [0.2, 0.25) is 5.02 Å². The Morgan fingerprint density at radius 2 is 2.15 bits per heavy atom. The molecular weight excluding hydrogens is 440 g/mol. The molecule has 1 saturated carbocycles. The smallest absolute Gasteiger partial charge is 0.232 e. The van der Waals surface area contributed by atoms with Crippen LogP contribution in [0.4, 0.5) is 0 Å². The second-order valence-corrected chi connectivity index (χ2v) is 10.1. The van der Waals surface area contributed by atoms with Gasteiger partial charge in [-0.15, -0.1) is 0 Å². The van der Waals surface area contributed by atoms with E-state index in [2.05, 4.69) is 20.9 Å². The van der Waals surface area contributed by atoms with Crippen molar-refractivity contribution in [2.75, 3.05) is 39.8 Å². The zero-order valence-corrected chi connectivity index (χ0v) is 20.0. The quantitative estimate of drug-likeness (QED) is 0.611. The van der Waals surface area contributed by atoms with Gasteiger partial charge in [0, 0.05) is 19.1 Å². The molecule has 3 N–H and O–H groups in total. The number of likely N-dealkylation sites (tertiary alicyclic amines) is 1. The van der Waals surface area contributed by atoms with Gasteiger partial charge in [0.25, 0.3) is 0 Å². The molecule has 1 unspecified atom stereocenters. The van der Waals surface area contributed by atoms with Crippen LogP contribution in [0.15, 0.2) is 28.2 Å². The van der Waals surface area contributed by atoms with Crippen LogP contribution in [0.1, 0.15) is 37.7 Å². The normalized spacial score (nSPS) is 25.6. The lowest BCUT2D eigenvalue weighted by Gasteiger charge is -2.31. The van der Waals surface area contributed by atoms with Gasteiger partial charge in [0.2, 0.25) is 5.91 Å². The third-order valence-electron chi connectivity index (χ3n) is 7.34. The molecule has 1 spiro atoms. The fourth-order valence-corrected chi connectivity index (χ4v) is 5.28. The first-order valence-corrected chi connectivity index (χ1v) is 12.4. The summed E-state index contributed by atoms with van der Waals surface area (Å²) >= 11 is 6.30. The maximum absolute atomic E-state index is 13.2. The highest BCUT2D eigenvalue weighted by molar-refractivity contribution is 6.32. The number of hydrogen-bond donors (Lipinski definition) is 3. The number of nitrogens with zero attached hydrogens (tertiary/aromatic N) is 3. The maximum atomic E-state index is 13.2. The number of benzene rings is 1. The number of methoxy groups -OCH3 is 1. The third kappa shape index (κ3) is 5.11. The molecule has 0 radical (unpaired) electrons. The molecule has 3 aliphatic heterocycles. The third-order valence-corrected chi connectivity index (χ3v) is 7.63. The first-order valence-electron chi connectivity index (χ1n) is 12.0. The number of aliphatic imine (C=N–C) groups is 2. The van der Waals surface area contributed by atoms with E-state index in [1.807, 2.05) is 18.2 Å². The summed E-state index contributed by atoms with van der Waals surface area (Å²) in [6.45, 7) is 4.79. The number of rotatable bonds is 5. The first kappa shape index (κ1) is 22.5. The largest absolute Gasteiger partial charge is 0.495 e. The molecule has 8 nitrogen and oxygen atoms in total. The highest BCUT2D eigenvalue weighted by Crippen LogP contribution is 2.52. The molecule has 1 atom stereocenters. The maximum Gasteiger partial charge on any atom is 0.232 e. The van der Waals surface area contributed by atoms with Crippen molar-refractivity contribution in [1.29, 1.82) is 0 Å². The highest BCUT2D eigenvalue weighted by atomic mass is 35.5. The van der Waals surface area contributed by atoms with Gasteiger partial charge in [-0.2, -0.15) is 0 Å². The summed E-state index contributed by atoms with van der Waals surface area (Å²) in [7, 11) is 1.60. The minimum absolute atomic E-state index is 0.00352. The monoisotopic (exact) mass is 472 g/mol. The Labute approximate surface area is 200 Å². The molecule has 1 aromatic rings. The van der Waals surface area contributed by atoms with Gasteiger partial charge in [0.05, 0.1) is 25.2 Å². The van der Waals surface area contributed by atoms with E-state index in [9.17, 15) is 4.79 Å². The van der Waals surface area contributed by atoms with Gasteiger partial charge in [-0.05, 0) is 68.3 Å². The van der Waals surface area contributed by atoms with Crippen molar-refractivity contribution < 1.29 is 9.53 Å². The molecule has 3 heterocycles. The van der Waals surface area contributed by atoms with E-state index < -0.39 is 5.92 Å². The van der Waals surface area contributed by atoms with Crippen LogP contribution in [0.3, 0.4) is 0 Å². The number of halogens is 1. The van der Waals surface area contributed by atoms with E-state index in [4.69, 9.17) is 26.3 Å². The Morgan fingerprint density at radius 1 is 1.33 bits per heavy atom. The van der Waals surface area contributed by atoms with Crippen molar-refractivity contribution in [2.24, 2.45) is 21.3 Å². The summed E-state index contributed by atoms with van der Waals surface area (Å²) in [5.41, 5.74) is 1.47. The molecular formula is C24H33ClN6O2. The van der Waals surface area contributed by atoms with Gasteiger partial charge in [0.1, 0.15) is 17.5 Å². The summed E-state index contributed by atoms with van der Waals surface area (Å²) in [4.78, 5) is 25.1. The highest BCUT2D eigenvalue weighted by Gasteiger charge is 2.49. The molecule has 1 aliphatic carbocycles. The lowest BCUT2D eigenvalue weighted by molar-refractivity contribution is -0.123. The Balaban J connectivity index is 1.32. The van der Waals surface area contributed by atoms with E-state index in [1.54, 1.807) is 7.11 Å². The van der Waals surface area contributed by atoms with Crippen molar-refractivity contribution in [3.63, 3.8) is 0 Å². The fraction of sp³-hybridized carbons (Fsp3) is 0.625. The van der Waals surface area contributed by atoms with Crippen LogP contribution in [0.5, 0.6) is 5.75 Å². The topological polar surface area (TPSA) is 90.3 Å². The standard InChI is InChI=1S/C24H33ClN6O2/c1-33-20-3-2-16(12-19(20)25)13-27-21-18(22(32)29-17-4-9-26-10-5-17)14-28-23(30-21)31-11-8-24(15-31)6-7-24/h2-3,12,17-18,26H,4-11,13-15H2,1H3,(H,29,32)(H,27,28,30). The molecule has 0 aromatic heterocycles. The van der Waals surface area contributed by atoms with Gasteiger partial charge < -0.3 is 25.6 Å². The second kappa shape index (κ2) is 9.50. The molecule has 9 heteroatoms. The number of guanidine groups is 1. The van der Waals surface area contributed by atoms with Crippen LogP contribution < -0.4 is 20.7 Å². The van der Waals surface area contributed by atoms with Crippen LogP contribution in [0.25, 0.3) is 0 Å². The molecule has 4 aliphatic rings. The Kier molecular flexibility index (Phi) is 6.47. The summed E-state index contributed by atoms with van der Waals surface area (Å²) in [6, 6.07) is 5.87. The van der Waals surface area contributed by atoms with Crippen LogP contribution in [0, 0.1) is 11.3 Å². The average Bonchev–Trinajstić information content (AvgIpc) is 3.46. The number of carbonyl (C=O) groups is 1. The van der Waals surface area contributed by atoms with Gasteiger partial charge in [-0.1, -0.05) is 17.7 Å². The van der Waals surface area contributed by atoms with Crippen LogP contribution in [-0.4, -0.2) is 68.5 Å². The lowest BCUT2D eigenvalue weighted by atomic mass is 10.0. The number of amidine groups is 1. The molecule has 1 aromatic carbocycles. The van der Waals surface area contributed by atoms with E-state index in [0.717, 1.165) is 50.5 Å². The Hall–Kier alpha value is -2.32. The van der Waals surface area contributed by atoms with Crippen LogP contribution >= 0.6 is 11.6 Å². The number of nitrogens with one attached hydrogen (secondary N) is 3. The summed E-state index contributed by atoms with van der Waals surface area (Å²) < 4.78 is 5.25. The van der Waals surface area contributed by atoms with Crippen molar-refractivity contribution in [2.45, 2.75) is 44.7 Å². The molecule has 178 valence electrons. The van der Waals surface area contributed by atoms with Crippen LogP contribution in [-0.2, 0) is 11.3 Å². The van der Waals surface area contributed by atoms with Crippen molar-refractivity contribution in [3.05, 3.63) is 28.8 Å². The van der Waals surface area contributed by atoms with E-state index in [0.29, 0.717) is 35.1 Å². The number of amides is 1. The molecule has 3 fully saturated rings. The number of ether oxygens (including phenoxy) is 1. The minimum Gasteiger partial charge on any atom is -0.495 e. The van der Waals surface area contributed by atoms with E-state index >= 15 is 0 Å². The summed E-state index contributed by atoms with van der Waals surface area (Å²) in [5, 5.41) is 10.6. The van der Waals surface area contributed by atoms with Gasteiger partial charge in [0.15, 0.2) is 5.96 Å². The zero-order chi connectivity index (χ0) is 22.8. The lowest BCUT2D eigenvalue weighted by Crippen LogP contribution is -2.55.